The predicted octanol–water partition coefficient (Wildman–Crippen LogP) is 4.67. The molecule has 33 heavy (non-hydrogen) atoms. The highest BCUT2D eigenvalue weighted by Gasteiger charge is 2.57. The Bertz CT molecular complexity index is 1210. The van der Waals surface area contributed by atoms with Gasteiger partial charge in [-0.3, -0.25) is 4.79 Å². The lowest BCUT2D eigenvalue weighted by Crippen LogP contribution is -2.39. The maximum atomic E-state index is 14.5. The standard InChI is InChI=1S/C23H17F4NO5/c1-2-3-14(24)6-13-9-28(10-15-4-5-20(33-15)23(25,26)27)21(29)22(13)11-30-17-8-19-18(7-16(17)22)31-12-32-19/h2-8H,1,9-12H2/b13-6+,14-3+. The molecule has 1 aromatic heterocycles. The second-order valence-corrected chi connectivity index (χ2v) is 7.78. The molecule has 2 aromatic rings. The molecular formula is C23H17F4NO5. The fourth-order valence-electron chi connectivity index (χ4n) is 4.33. The first kappa shape index (κ1) is 21.2. The van der Waals surface area contributed by atoms with E-state index in [1.807, 2.05) is 0 Å². The average molecular weight is 463 g/mol. The van der Waals surface area contributed by atoms with E-state index < -0.39 is 29.1 Å². The minimum atomic E-state index is -4.64. The van der Waals surface area contributed by atoms with Gasteiger partial charge in [0, 0.05) is 18.2 Å². The molecule has 3 aliphatic heterocycles. The quantitative estimate of drug-likeness (QED) is 0.488. The van der Waals surface area contributed by atoms with Gasteiger partial charge in [0.05, 0.1) is 6.54 Å². The Morgan fingerprint density at radius 3 is 2.61 bits per heavy atom. The molecule has 1 aromatic carbocycles. The summed E-state index contributed by atoms with van der Waals surface area (Å²) in [7, 11) is 0. The molecule has 6 nitrogen and oxygen atoms in total. The molecule has 0 N–H and O–H groups in total. The number of fused-ring (bicyclic) bond motifs is 3. The fourth-order valence-corrected chi connectivity index (χ4v) is 4.33. The number of halogens is 4. The summed E-state index contributed by atoms with van der Waals surface area (Å²) in [5.41, 5.74) is -0.488. The van der Waals surface area contributed by atoms with Crippen LogP contribution in [0, 0.1) is 0 Å². The van der Waals surface area contributed by atoms with E-state index in [9.17, 15) is 22.4 Å². The molecule has 4 heterocycles. The van der Waals surface area contributed by atoms with E-state index in [0.29, 0.717) is 28.4 Å². The summed E-state index contributed by atoms with van der Waals surface area (Å²) in [4.78, 5) is 15.0. The van der Waals surface area contributed by atoms with Gasteiger partial charge >= 0.3 is 6.18 Å². The molecule has 0 bridgehead atoms. The van der Waals surface area contributed by atoms with Gasteiger partial charge in [-0.25, -0.2) is 4.39 Å². The van der Waals surface area contributed by atoms with E-state index in [-0.39, 0.29) is 32.2 Å². The third-order valence-electron chi connectivity index (χ3n) is 5.82. The normalized spacial score (nSPS) is 22.9. The Hall–Kier alpha value is -3.69. The van der Waals surface area contributed by atoms with E-state index in [4.69, 9.17) is 18.6 Å². The summed E-state index contributed by atoms with van der Waals surface area (Å²) in [5, 5.41) is 0. The Balaban J connectivity index is 1.55. The third kappa shape index (κ3) is 3.37. The second-order valence-electron chi connectivity index (χ2n) is 7.78. The van der Waals surface area contributed by atoms with Gasteiger partial charge in [0.25, 0.3) is 0 Å². The van der Waals surface area contributed by atoms with Crippen molar-refractivity contribution in [1.29, 1.82) is 0 Å². The zero-order chi connectivity index (χ0) is 23.4. The van der Waals surface area contributed by atoms with Gasteiger partial charge < -0.3 is 23.5 Å². The second kappa shape index (κ2) is 7.43. The molecule has 1 fully saturated rings. The van der Waals surface area contributed by atoms with Crippen molar-refractivity contribution in [3.63, 3.8) is 0 Å². The van der Waals surface area contributed by atoms with E-state index in [1.54, 1.807) is 12.1 Å². The number of rotatable bonds is 4. The lowest BCUT2D eigenvalue weighted by Gasteiger charge is -2.22. The number of benzene rings is 1. The number of hydrogen-bond acceptors (Lipinski definition) is 5. The van der Waals surface area contributed by atoms with Crippen LogP contribution in [0.3, 0.4) is 0 Å². The number of carbonyl (C=O) groups is 1. The minimum absolute atomic E-state index is 0.0186. The number of amides is 1. The van der Waals surface area contributed by atoms with Gasteiger partial charge in [-0.1, -0.05) is 12.7 Å². The van der Waals surface area contributed by atoms with Crippen LogP contribution in [-0.4, -0.2) is 30.8 Å². The van der Waals surface area contributed by atoms with Crippen LogP contribution >= 0.6 is 0 Å². The third-order valence-corrected chi connectivity index (χ3v) is 5.82. The first-order chi connectivity index (χ1) is 15.7. The van der Waals surface area contributed by atoms with E-state index >= 15 is 0 Å². The Kier molecular flexibility index (Phi) is 4.77. The minimum Gasteiger partial charge on any atom is -0.491 e. The molecular weight excluding hydrogens is 446 g/mol. The van der Waals surface area contributed by atoms with Crippen LogP contribution in [-0.2, 0) is 22.9 Å². The highest BCUT2D eigenvalue weighted by molar-refractivity contribution is 5.97. The van der Waals surface area contributed by atoms with Crippen molar-refractivity contribution in [3.05, 3.63) is 77.6 Å². The lowest BCUT2D eigenvalue weighted by atomic mass is 9.77. The van der Waals surface area contributed by atoms with Crippen LogP contribution in [0.4, 0.5) is 17.6 Å². The summed E-state index contributed by atoms with van der Waals surface area (Å²) in [6, 6.07) is 5.21. The molecule has 1 spiro atoms. The molecule has 1 amide bonds. The van der Waals surface area contributed by atoms with Crippen LogP contribution in [0.15, 0.2) is 64.9 Å². The molecule has 172 valence electrons. The number of furan rings is 1. The number of allylic oxidation sites excluding steroid dienone is 4. The van der Waals surface area contributed by atoms with Crippen LogP contribution < -0.4 is 14.2 Å². The summed E-state index contributed by atoms with van der Waals surface area (Å²) in [6.07, 6.45) is -0.997. The molecule has 0 radical (unpaired) electrons. The van der Waals surface area contributed by atoms with Crippen molar-refractivity contribution >= 4 is 5.91 Å². The smallest absolute Gasteiger partial charge is 0.449 e. The molecule has 10 heteroatoms. The maximum absolute atomic E-state index is 14.5. The first-order valence-corrected chi connectivity index (χ1v) is 9.94. The SMILES string of the molecule is C=C/C=C(F)\C=C1/CN(Cc2ccc(C(F)(F)F)o2)C(=O)C12COc1cc3c(cc12)OCO3. The summed E-state index contributed by atoms with van der Waals surface area (Å²) in [6.45, 7) is 3.13. The van der Waals surface area contributed by atoms with Crippen molar-refractivity contribution in [1.82, 2.24) is 4.90 Å². The van der Waals surface area contributed by atoms with Crippen LogP contribution in [0.5, 0.6) is 17.2 Å². The van der Waals surface area contributed by atoms with Gasteiger partial charge in [-0.15, -0.1) is 0 Å². The zero-order valence-electron chi connectivity index (χ0n) is 17.1. The molecule has 3 aliphatic rings. The number of ether oxygens (including phenoxy) is 3. The van der Waals surface area contributed by atoms with Crippen molar-refractivity contribution in [2.75, 3.05) is 19.9 Å². The molecule has 1 atom stereocenters. The molecule has 5 rings (SSSR count). The monoisotopic (exact) mass is 463 g/mol. The van der Waals surface area contributed by atoms with Crippen molar-refractivity contribution < 1.29 is 41.0 Å². The largest absolute Gasteiger partial charge is 0.491 e. The van der Waals surface area contributed by atoms with Crippen LogP contribution in [0.1, 0.15) is 17.1 Å². The number of nitrogens with zero attached hydrogens (tertiary/aromatic N) is 1. The van der Waals surface area contributed by atoms with Gasteiger partial charge in [-0.2, -0.15) is 13.2 Å². The molecule has 1 unspecified atom stereocenters. The van der Waals surface area contributed by atoms with E-state index in [0.717, 1.165) is 12.1 Å². The van der Waals surface area contributed by atoms with Crippen LogP contribution in [0.2, 0.25) is 0 Å². The molecule has 1 saturated heterocycles. The van der Waals surface area contributed by atoms with Crippen molar-refractivity contribution in [2.45, 2.75) is 18.1 Å². The lowest BCUT2D eigenvalue weighted by molar-refractivity contribution is -0.153. The van der Waals surface area contributed by atoms with E-state index in [1.165, 1.54) is 23.1 Å². The highest BCUT2D eigenvalue weighted by Crippen LogP contribution is 2.53. The van der Waals surface area contributed by atoms with E-state index in [2.05, 4.69) is 6.58 Å². The average Bonchev–Trinajstić information content (AvgIpc) is 3.51. The maximum Gasteiger partial charge on any atom is 0.449 e. The summed E-state index contributed by atoms with van der Waals surface area (Å²) >= 11 is 0. The Labute approximate surface area is 185 Å². The Morgan fingerprint density at radius 1 is 1.15 bits per heavy atom. The first-order valence-electron chi connectivity index (χ1n) is 9.94. The number of alkyl halides is 3. The number of hydrogen-bond donors (Lipinski definition) is 0. The summed E-state index contributed by atoms with van der Waals surface area (Å²) in [5.74, 6) is -0.983. The Morgan fingerprint density at radius 2 is 1.91 bits per heavy atom. The van der Waals surface area contributed by atoms with Gasteiger partial charge in [0.1, 0.15) is 29.4 Å². The predicted molar refractivity (Wildman–Crippen MR) is 106 cm³/mol. The van der Waals surface area contributed by atoms with Crippen molar-refractivity contribution in [3.8, 4) is 17.2 Å². The molecule has 0 saturated carbocycles. The summed E-state index contributed by atoms with van der Waals surface area (Å²) < 4.78 is 74.6. The fraction of sp³-hybridized carbons (Fsp3) is 0.261. The molecule has 0 aliphatic carbocycles. The topological polar surface area (TPSA) is 61.1 Å². The van der Waals surface area contributed by atoms with Gasteiger partial charge in [0.2, 0.25) is 18.5 Å². The van der Waals surface area contributed by atoms with Crippen molar-refractivity contribution in [2.24, 2.45) is 0 Å². The van der Waals surface area contributed by atoms with Crippen LogP contribution in [0.25, 0.3) is 0 Å². The van der Waals surface area contributed by atoms with Gasteiger partial charge in [0.15, 0.2) is 11.5 Å². The number of carbonyl (C=O) groups excluding carboxylic acids is 1. The zero-order valence-corrected chi connectivity index (χ0v) is 17.1. The van der Waals surface area contributed by atoms with Gasteiger partial charge in [-0.05, 0) is 35.9 Å². The highest BCUT2D eigenvalue weighted by atomic mass is 19.4. The number of likely N-dealkylation sites (tertiary alicyclic amines) is 1.